The van der Waals surface area contributed by atoms with Gasteiger partial charge in [-0.05, 0) is 89.3 Å². The topological polar surface area (TPSA) is 50.4 Å². The van der Waals surface area contributed by atoms with E-state index < -0.39 is 0 Å². The summed E-state index contributed by atoms with van der Waals surface area (Å²) in [4.78, 5) is 12.3. The predicted octanol–water partition coefficient (Wildman–Crippen LogP) is 5.31. The molecular weight excluding hydrogens is 483 g/mol. The zero-order valence-corrected chi connectivity index (χ0v) is 18.2. The molecule has 0 spiro atoms. The molecule has 28 heavy (non-hydrogen) atoms. The summed E-state index contributed by atoms with van der Waals surface area (Å²) in [5, 5.41) is 5.96. The van der Waals surface area contributed by atoms with Crippen molar-refractivity contribution in [1.29, 1.82) is 0 Å². The second-order valence-electron chi connectivity index (χ2n) is 6.17. The van der Waals surface area contributed by atoms with Crippen LogP contribution in [0.4, 0.5) is 5.69 Å². The van der Waals surface area contributed by atoms with Gasteiger partial charge in [0, 0.05) is 14.8 Å². The van der Waals surface area contributed by atoms with Crippen LogP contribution in [-0.4, -0.2) is 11.0 Å². The van der Waals surface area contributed by atoms with Crippen LogP contribution in [0.3, 0.4) is 0 Å². The minimum absolute atomic E-state index is 0.238. The first kappa shape index (κ1) is 20.3. The summed E-state index contributed by atoms with van der Waals surface area (Å²) in [5.74, 6) is 0.525. The Labute approximate surface area is 183 Å². The maximum absolute atomic E-state index is 12.3. The van der Waals surface area contributed by atoms with Crippen LogP contribution >= 0.6 is 34.8 Å². The van der Waals surface area contributed by atoms with Crippen LogP contribution in [0.1, 0.15) is 21.5 Å². The van der Waals surface area contributed by atoms with E-state index in [0.29, 0.717) is 12.2 Å². The van der Waals surface area contributed by atoms with E-state index in [1.807, 2.05) is 73.7 Å². The van der Waals surface area contributed by atoms with Gasteiger partial charge in [0.15, 0.2) is 5.11 Å². The Balaban J connectivity index is 1.52. The molecule has 2 N–H and O–H groups in total. The minimum Gasteiger partial charge on any atom is -0.489 e. The van der Waals surface area contributed by atoms with Crippen molar-refractivity contribution in [2.75, 3.05) is 5.32 Å². The van der Waals surface area contributed by atoms with Gasteiger partial charge in [0.1, 0.15) is 12.4 Å². The lowest BCUT2D eigenvalue weighted by Gasteiger charge is -2.11. The standard InChI is InChI=1S/C22H19IN2O2S/c1-15-7-8-17(13-20(15)23)21(26)25-22(28)24-18-9-11-19(12-10-18)27-14-16-5-3-2-4-6-16/h2-13H,14H2,1H3,(H2,24,25,26,28). The second-order valence-corrected chi connectivity index (χ2v) is 7.74. The van der Waals surface area contributed by atoms with Gasteiger partial charge < -0.3 is 10.1 Å². The molecule has 3 aromatic carbocycles. The molecule has 0 fully saturated rings. The number of carbonyl (C=O) groups excluding carboxylic acids is 1. The molecule has 0 bridgehead atoms. The summed E-state index contributed by atoms with van der Waals surface area (Å²) < 4.78 is 6.80. The van der Waals surface area contributed by atoms with Crippen LogP contribution in [0.5, 0.6) is 5.75 Å². The Morgan fingerprint density at radius 3 is 2.43 bits per heavy atom. The Hall–Kier alpha value is -2.45. The lowest BCUT2D eigenvalue weighted by atomic mass is 10.1. The molecule has 0 heterocycles. The number of ether oxygens (including phenoxy) is 1. The number of thiocarbonyl (C=S) groups is 1. The third kappa shape index (κ3) is 5.77. The number of rotatable bonds is 5. The maximum atomic E-state index is 12.3. The third-order valence-electron chi connectivity index (χ3n) is 4.02. The molecule has 0 atom stereocenters. The molecule has 3 rings (SSSR count). The van der Waals surface area contributed by atoms with E-state index >= 15 is 0 Å². The SMILES string of the molecule is Cc1ccc(C(=O)NC(=S)Nc2ccc(OCc3ccccc3)cc2)cc1I. The van der Waals surface area contributed by atoms with Crippen molar-refractivity contribution in [3.05, 3.63) is 93.1 Å². The number of benzene rings is 3. The highest BCUT2D eigenvalue weighted by Gasteiger charge is 2.09. The fraction of sp³-hybridized carbons (Fsp3) is 0.0909. The second kappa shape index (κ2) is 9.66. The van der Waals surface area contributed by atoms with Crippen LogP contribution in [0.25, 0.3) is 0 Å². The molecule has 0 aliphatic heterocycles. The average Bonchev–Trinajstić information content (AvgIpc) is 2.70. The quantitative estimate of drug-likeness (QED) is 0.367. The van der Waals surface area contributed by atoms with Crippen LogP contribution < -0.4 is 15.4 Å². The van der Waals surface area contributed by atoms with E-state index in [-0.39, 0.29) is 11.0 Å². The number of nitrogens with one attached hydrogen (secondary N) is 2. The minimum atomic E-state index is -0.238. The Morgan fingerprint density at radius 2 is 1.75 bits per heavy atom. The molecule has 1 amide bonds. The molecule has 0 saturated heterocycles. The lowest BCUT2D eigenvalue weighted by Crippen LogP contribution is -2.34. The molecular formula is C22H19IN2O2S. The van der Waals surface area contributed by atoms with Crippen LogP contribution in [0, 0.1) is 10.5 Å². The van der Waals surface area contributed by atoms with Gasteiger partial charge in [0.25, 0.3) is 5.91 Å². The van der Waals surface area contributed by atoms with Crippen LogP contribution in [-0.2, 0) is 6.61 Å². The number of halogens is 1. The maximum Gasteiger partial charge on any atom is 0.257 e. The lowest BCUT2D eigenvalue weighted by molar-refractivity contribution is 0.0977. The molecule has 3 aromatic rings. The fourth-order valence-corrected chi connectivity index (χ4v) is 3.17. The molecule has 4 nitrogen and oxygen atoms in total. The normalized spacial score (nSPS) is 10.2. The van der Waals surface area contributed by atoms with Gasteiger partial charge in [0.05, 0.1) is 0 Å². The number of aryl methyl sites for hydroxylation is 1. The van der Waals surface area contributed by atoms with Gasteiger partial charge in [0.2, 0.25) is 0 Å². The highest BCUT2D eigenvalue weighted by atomic mass is 127. The number of hydrogen-bond donors (Lipinski definition) is 2. The van der Waals surface area contributed by atoms with E-state index in [0.717, 1.165) is 26.1 Å². The van der Waals surface area contributed by atoms with Gasteiger partial charge in [-0.15, -0.1) is 0 Å². The molecule has 142 valence electrons. The van der Waals surface area contributed by atoms with Crippen molar-refractivity contribution >= 4 is 51.5 Å². The van der Waals surface area contributed by atoms with Crippen molar-refractivity contribution in [3.63, 3.8) is 0 Å². The summed E-state index contributed by atoms with van der Waals surface area (Å²) in [6, 6.07) is 23.0. The summed E-state index contributed by atoms with van der Waals surface area (Å²) in [6.07, 6.45) is 0. The zero-order valence-electron chi connectivity index (χ0n) is 15.2. The van der Waals surface area contributed by atoms with Gasteiger partial charge >= 0.3 is 0 Å². The van der Waals surface area contributed by atoms with E-state index in [2.05, 4.69) is 33.2 Å². The third-order valence-corrected chi connectivity index (χ3v) is 5.39. The van der Waals surface area contributed by atoms with Gasteiger partial charge in [-0.2, -0.15) is 0 Å². The summed E-state index contributed by atoms with van der Waals surface area (Å²) in [7, 11) is 0. The van der Waals surface area contributed by atoms with Crippen molar-refractivity contribution in [3.8, 4) is 5.75 Å². The fourth-order valence-electron chi connectivity index (χ4n) is 2.45. The summed E-state index contributed by atoms with van der Waals surface area (Å²) >= 11 is 7.45. The number of hydrogen-bond acceptors (Lipinski definition) is 3. The predicted molar refractivity (Wildman–Crippen MR) is 125 cm³/mol. The van der Waals surface area contributed by atoms with Crippen LogP contribution in [0.15, 0.2) is 72.8 Å². The molecule has 0 aliphatic rings. The zero-order chi connectivity index (χ0) is 19.9. The van der Waals surface area contributed by atoms with Crippen molar-refractivity contribution in [1.82, 2.24) is 5.32 Å². The number of anilines is 1. The summed E-state index contributed by atoms with van der Waals surface area (Å²) in [5.41, 5.74) is 3.59. The molecule has 0 radical (unpaired) electrons. The Kier molecular flexibility index (Phi) is 7.00. The van der Waals surface area contributed by atoms with E-state index in [1.54, 1.807) is 6.07 Å². The first-order valence-corrected chi connectivity index (χ1v) is 10.2. The highest BCUT2D eigenvalue weighted by molar-refractivity contribution is 14.1. The van der Waals surface area contributed by atoms with Crippen LogP contribution in [0.2, 0.25) is 0 Å². The number of amides is 1. The van der Waals surface area contributed by atoms with E-state index in [1.165, 1.54) is 0 Å². The van der Waals surface area contributed by atoms with E-state index in [4.69, 9.17) is 17.0 Å². The first-order valence-electron chi connectivity index (χ1n) is 8.66. The number of carbonyl (C=O) groups is 1. The van der Waals surface area contributed by atoms with Crippen molar-refractivity contribution in [2.45, 2.75) is 13.5 Å². The van der Waals surface area contributed by atoms with E-state index in [9.17, 15) is 4.79 Å². The highest BCUT2D eigenvalue weighted by Crippen LogP contribution is 2.17. The molecule has 6 heteroatoms. The van der Waals surface area contributed by atoms with Gasteiger partial charge in [-0.3, -0.25) is 10.1 Å². The summed E-state index contributed by atoms with van der Waals surface area (Å²) in [6.45, 7) is 2.51. The molecule has 0 saturated carbocycles. The molecule has 0 aromatic heterocycles. The van der Waals surface area contributed by atoms with Gasteiger partial charge in [-0.1, -0.05) is 36.4 Å². The monoisotopic (exact) mass is 502 g/mol. The van der Waals surface area contributed by atoms with Gasteiger partial charge in [-0.25, -0.2) is 0 Å². The van der Waals surface area contributed by atoms with Crippen molar-refractivity contribution in [2.24, 2.45) is 0 Å². The molecule has 0 aliphatic carbocycles. The van der Waals surface area contributed by atoms with Crippen molar-refractivity contribution < 1.29 is 9.53 Å². The Morgan fingerprint density at radius 1 is 1.04 bits per heavy atom. The smallest absolute Gasteiger partial charge is 0.257 e. The average molecular weight is 502 g/mol. The first-order chi connectivity index (χ1) is 13.5. The Bertz CT molecular complexity index is 976. The molecule has 0 unspecified atom stereocenters. The largest absolute Gasteiger partial charge is 0.489 e.